The number of rotatable bonds is 2. The van der Waals surface area contributed by atoms with E-state index in [2.05, 4.69) is 29.0 Å². The second-order valence-corrected chi connectivity index (χ2v) is 7.03. The van der Waals surface area contributed by atoms with Gasteiger partial charge in [0.25, 0.3) is 0 Å². The van der Waals surface area contributed by atoms with Crippen LogP contribution in [0.4, 0.5) is 0 Å². The van der Waals surface area contributed by atoms with Crippen molar-refractivity contribution in [2.24, 2.45) is 11.7 Å². The van der Waals surface area contributed by atoms with Crippen LogP contribution in [-0.4, -0.2) is 9.97 Å². The first-order valence-electron chi connectivity index (χ1n) is 8.99. The summed E-state index contributed by atoms with van der Waals surface area (Å²) >= 11 is 0. The van der Waals surface area contributed by atoms with Gasteiger partial charge in [0.2, 0.25) is 5.88 Å². The number of nitriles is 1. The minimum atomic E-state index is -0.215. The van der Waals surface area contributed by atoms with Crippen molar-refractivity contribution >= 4 is 6.08 Å². The van der Waals surface area contributed by atoms with Gasteiger partial charge in [0, 0.05) is 24.8 Å². The maximum absolute atomic E-state index is 9.72. The number of nitrogens with two attached hydrogens (primary N) is 1. The third kappa shape index (κ3) is 3.22. The van der Waals surface area contributed by atoms with E-state index in [0.717, 1.165) is 40.9 Å². The lowest BCUT2D eigenvalue weighted by atomic mass is 9.74. The van der Waals surface area contributed by atoms with Crippen molar-refractivity contribution in [1.82, 2.24) is 9.97 Å². The summed E-state index contributed by atoms with van der Waals surface area (Å²) in [6, 6.07) is 10.1. The maximum Gasteiger partial charge on any atom is 0.205 e. The monoisotopic (exact) mass is 356 g/mol. The van der Waals surface area contributed by atoms with Crippen molar-refractivity contribution in [3.8, 4) is 6.07 Å². The largest absolute Gasteiger partial charge is 0.440 e. The van der Waals surface area contributed by atoms with Crippen LogP contribution < -0.4 is 5.73 Å². The molecule has 3 heterocycles. The zero-order valence-corrected chi connectivity index (χ0v) is 15.1. The lowest BCUT2D eigenvalue weighted by Gasteiger charge is -2.35. The molecular weight excluding hydrogens is 336 g/mol. The molecule has 27 heavy (non-hydrogen) atoms. The molecule has 2 aromatic rings. The highest BCUT2D eigenvalue weighted by atomic mass is 16.5. The van der Waals surface area contributed by atoms with Gasteiger partial charge in [0.15, 0.2) is 0 Å². The van der Waals surface area contributed by atoms with Gasteiger partial charge in [-0.2, -0.15) is 5.26 Å². The fourth-order valence-electron chi connectivity index (χ4n) is 3.90. The topological polar surface area (TPSA) is 84.8 Å². The number of allylic oxidation sites excluding steroid dienone is 3. The summed E-state index contributed by atoms with van der Waals surface area (Å²) in [6.07, 6.45) is 11.0. The molecule has 0 spiro atoms. The first-order chi connectivity index (χ1) is 13.2. The van der Waals surface area contributed by atoms with Crippen LogP contribution in [0, 0.1) is 17.2 Å². The summed E-state index contributed by atoms with van der Waals surface area (Å²) in [5, 5.41) is 9.72. The summed E-state index contributed by atoms with van der Waals surface area (Å²) in [6.45, 7) is 2.22. The smallest absolute Gasteiger partial charge is 0.205 e. The Morgan fingerprint density at radius 1 is 1.19 bits per heavy atom. The van der Waals surface area contributed by atoms with E-state index in [4.69, 9.17) is 10.5 Å². The van der Waals surface area contributed by atoms with Gasteiger partial charge in [-0.1, -0.05) is 19.1 Å². The zero-order valence-electron chi connectivity index (χ0n) is 15.1. The standard InChI is InChI=1S/C22H20N4O/c1-14-8-17(10-15-4-2-6-25-12-15)21-18(9-14)20(16-5-3-7-26-13-16)19(11-23)22(24)27-21/h2-7,10,12-14,20H,8-9,24H2,1H3/b17-10+/t14-,20-/m1/s1. The molecule has 5 nitrogen and oxygen atoms in total. The van der Waals surface area contributed by atoms with Crippen molar-refractivity contribution in [1.29, 1.82) is 5.26 Å². The lowest BCUT2D eigenvalue weighted by molar-refractivity contribution is 0.268. The maximum atomic E-state index is 9.72. The van der Waals surface area contributed by atoms with Crippen LogP contribution in [-0.2, 0) is 4.74 Å². The molecule has 2 aromatic heterocycles. The van der Waals surface area contributed by atoms with Crippen molar-refractivity contribution < 1.29 is 4.74 Å². The van der Waals surface area contributed by atoms with E-state index in [1.807, 2.05) is 30.5 Å². The fraction of sp³-hybridized carbons (Fsp3) is 0.227. The molecule has 0 bridgehead atoms. The van der Waals surface area contributed by atoms with Gasteiger partial charge in [0.05, 0.1) is 5.92 Å². The number of aromatic nitrogens is 2. The van der Waals surface area contributed by atoms with Crippen molar-refractivity contribution in [2.45, 2.75) is 25.7 Å². The molecule has 2 N–H and O–H groups in total. The minimum Gasteiger partial charge on any atom is -0.440 e. The Bertz CT molecular complexity index is 984. The average Bonchev–Trinajstić information content (AvgIpc) is 2.69. The SMILES string of the molecule is C[C@H]1CC2=C(OC(N)=C(C#N)[C@@H]2c2cccnc2)/C(=C/c2cccnc2)C1. The summed E-state index contributed by atoms with van der Waals surface area (Å²) in [5.74, 6) is 1.19. The second-order valence-electron chi connectivity index (χ2n) is 7.03. The minimum absolute atomic E-state index is 0.178. The summed E-state index contributed by atoms with van der Waals surface area (Å²) in [7, 11) is 0. The van der Waals surface area contributed by atoms with Crippen LogP contribution in [0.1, 0.15) is 36.8 Å². The van der Waals surface area contributed by atoms with Crippen LogP contribution >= 0.6 is 0 Å². The molecule has 134 valence electrons. The number of hydrogen-bond donors (Lipinski definition) is 1. The first-order valence-corrected chi connectivity index (χ1v) is 8.99. The highest BCUT2D eigenvalue weighted by Gasteiger charge is 2.37. The predicted octanol–water partition coefficient (Wildman–Crippen LogP) is 4.05. The summed E-state index contributed by atoms with van der Waals surface area (Å²) < 4.78 is 5.98. The Balaban J connectivity index is 1.87. The van der Waals surface area contributed by atoms with E-state index in [-0.39, 0.29) is 11.8 Å². The Labute approximate surface area is 158 Å². The Morgan fingerprint density at radius 3 is 2.63 bits per heavy atom. The van der Waals surface area contributed by atoms with Crippen LogP contribution in [0.15, 0.2) is 77.4 Å². The van der Waals surface area contributed by atoms with Crippen LogP contribution in [0.25, 0.3) is 6.08 Å². The lowest BCUT2D eigenvalue weighted by Crippen LogP contribution is -2.26. The molecule has 0 fully saturated rings. The molecular formula is C22H20N4O. The molecule has 2 aliphatic rings. The molecule has 0 radical (unpaired) electrons. The van der Waals surface area contributed by atoms with E-state index in [9.17, 15) is 5.26 Å². The molecule has 0 unspecified atom stereocenters. The molecule has 1 aliphatic carbocycles. The molecule has 0 amide bonds. The third-order valence-corrected chi connectivity index (χ3v) is 5.00. The molecule has 4 rings (SSSR count). The van der Waals surface area contributed by atoms with Gasteiger partial charge in [-0.3, -0.25) is 9.97 Å². The highest BCUT2D eigenvalue weighted by Crippen LogP contribution is 2.48. The molecule has 5 heteroatoms. The van der Waals surface area contributed by atoms with Crippen molar-refractivity contribution in [3.05, 3.63) is 88.5 Å². The Kier molecular flexibility index (Phi) is 4.47. The van der Waals surface area contributed by atoms with Crippen molar-refractivity contribution in [3.63, 3.8) is 0 Å². The van der Waals surface area contributed by atoms with Crippen LogP contribution in [0.3, 0.4) is 0 Å². The van der Waals surface area contributed by atoms with Crippen molar-refractivity contribution in [2.75, 3.05) is 0 Å². The van der Waals surface area contributed by atoms with Gasteiger partial charge in [-0.25, -0.2) is 0 Å². The highest BCUT2D eigenvalue weighted by molar-refractivity contribution is 5.61. The average molecular weight is 356 g/mol. The van der Waals surface area contributed by atoms with Gasteiger partial charge in [-0.05, 0) is 59.2 Å². The van der Waals surface area contributed by atoms with Crippen LogP contribution in [0.5, 0.6) is 0 Å². The van der Waals surface area contributed by atoms with E-state index >= 15 is 0 Å². The van der Waals surface area contributed by atoms with Crippen LogP contribution in [0.2, 0.25) is 0 Å². The molecule has 1 aliphatic heterocycles. The van der Waals surface area contributed by atoms with Gasteiger partial charge in [-0.15, -0.1) is 0 Å². The third-order valence-electron chi connectivity index (χ3n) is 5.00. The predicted molar refractivity (Wildman–Crippen MR) is 103 cm³/mol. The van der Waals surface area contributed by atoms with E-state index in [0.29, 0.717) is 11.5 Å². The summed E-state index contributed by atoms with van der Waals surface area (Å²) in [5.41, 5.74) is 10.8. The van der Waals surface area contributed by atoms with E-state index in [1.165, 1.54) is 0 Å². The Morgan fingerprint density at radius 2 is 1.96 bits per heavy atom. The number of nitrogens with zero attached hydrogens (tertiary/aromatic N) is 3. The van der Waals surface area contributed by atoms with E-state index in [1.54, 1.807) is 18.6 Å². The number of ether oxygens (including phenoxy) is 1. The first kappa shape index (κ1) is 17.0. The summed E-state index contributed by atoms with van der Waals surface area (Å²) in [4.78, 5) is 8.43. The van der Waals surface area contributed by atoms with Gasteiger partial charge in [0.1, 0.15) is 17.4 Å². The molecule has 0 saturated carbocycles. The Hall–Kier alpha value is -3.39. The quantitative estimate of drug-likeness (QED) is 0.877. The zero-order chi connectivity index (χ0) is 18.8. The van der Waals surface area contributed by atoms with Gasteiger partial charge < -0.3 is 10.5 Å². The molecule has 0 aromatic carbocycles. The van der Waals surface area contributed by atoms with E-state index < -0.39 is 0 Å². The second kappa shape index (κ2) is 7.08. The normalized spacial score (nSPS) is 23.6. The number of pyridine rings is 2. The van der Waals surface area contributed by atoms with Gasteiger partial charge >= 0.3 is 0 Å². The molecule has 2 atom stereocenters. The number of hydrogen-bond acceptors (Lipinski definition) is 5. The molecule has 0 saturated heterocycles. The fourth-order valence-corrected chi connectivity index (χ4v) is 3.90.